The number of amides is 2. The molecular formula is C20H21F3N4O3. The summed E-state index contributed by atoms with van der Waals surface area (Å²) >= 11 is 0. The minimum atomic E-state index is -3.15. The molecule has 2 aliphatic heterocycles. The van der Waals surface area contributed by atoms with Gasteiger partial charge < -0.3 is 15.0 Å². The first-order valence-corrected chi connectivity index (χ1v) is 9.44. The monoisotopic (exact) mass is 422 g/mol. The molecular weight excluding hydrogens is 401 g/mol. The maximum Gasteiger partial charge on any atom is 0.414 e. The second-order valence-electron chi connectivity index (χ2n) is 7.09. The van der Waals surface area contributed by atoms with Crippen LogP contribution in [-0.4, -0.2) is 50.7 Å². The molecule has 0 spiro atoms. The molecule has 0 aromatic heterocycles. The Labute approximate surface area is 171 Å². The second-order valence-corrected chi connectivity index (χ2v) is 7.09. The first-order chi connectivity index (χ1) is 14.3. The molecule has 2 amide bonds. The van der Waals surface area contributed by atoms with Gasteiger partial charge in [-0.05, 0) is 38.0 Å². The second kappa shape index (κ2) is 9.07. The molecule has 160 valence electrons. The molecule has 0 radical (unpaired) electrons. The Bertz CT molecular complexity index is 903. The Morgan fingerprint density at radius 2 is 2.07 bits per heavy atom. The summed E-state index contributed by atoms with van der Waals surface area (Å²) in [6, 6.07) is 4.41. The SMILES string of the molecule is [C-]#[N+]C(C)=C1CCN(c2ccc(N3C[C@H](CNC(=O)C(F)F)OC3=O)cc2F)CC1. The van der Waals surface area contributed by atoms with Gasteiger partial charge in [-0.15, -0.1) is 0 Å². The van der Waals surface area contributed by atoms with Crippen LogP contribution >= 0.6 is 0 Å². The minimum absolute atomic E-state index is 0.00884. The van der Waals surface area contributed by atoms with Gasteiger partial charge in [-0.25, -0.2) is 14.0 Å². The lowest BCUT2D eigenvalue weighted by atomic mass is 10.0. The molecule has 2 saturated heterocycles. The summed E-state index contributed by atoms with van der Waals surface area (Å²) in [4.78, 5) is 29.6. The lowest BCUT2D eigenvalue weighted by Crippen LogP contribution is -2.37. The van der Waals surface area contributed by atoms with E-state index in [0.717, 1.165) is 5.57 Å². The normalized spacial score (nSPS) is 19.0. The van der Waals surface area contributed by atoms with E-state index in [0.29, 0.717) is 37.3 Å². The molecule has 0 aliphatic carbocycles. The van der Waals surface area contributed by atoms with Gasteiger partial charge in [0.25, 0.3) is 5.91 Å². The van der Waals surface area contributed by atoms with Crippen molar-refractivity contribution in [3.05, 3.63) is 46.7 Å². The number of carbonyl (C=O) groups excluding carboxylic acids is 2. The van der Waals surface area contributed by atoms with E-state index in [1.165, 1.54) is 11.0 Å². The van der Waals surface area contributed by atoms with E-state index >= 15 is 0 Å². The summed E-state index contributed by atoms with van der Waals surface area (Å²) < 4.78 is 44.3. The van der Waals surface area contributed by atoms with Gasteiger partial charge in [0.2, 0.25) is 0 Å². The van der Waals surface area contributed by atoms with Crippen molar-refractivity contribution in [1.82, 2.24) is 5.32 Å². The molecule has 1 N–H and O–H groups in total. The van der Waals surface area contributed by atoms with Crippen molar-refractivity contribution in [3.63, 3.8) is 0 Å². The first kappa shape index (κ1) is 21.5. The molecule has 2 fully saturated rings. The molecule has 30 heavy (non-hydrogen) atoms. The van der Waals surface area contributed by atoms with Gasteiger partial charge in [0.05, 0.1) is 31.0 Å². The van der Waals surface area contributed by atoms with Gasteiger partial charge in [0.15, 0.2) is 5.70 Å². The topological polar surface area (TPSA) is 66.2 Å². The third-order valence-corrected chi connectivity index (χ3v) is 5.21. The van der Waals surface area contributed by atoms with Crippen LogP contribution in [0.3, 0.4) is 0 Å². The smallest absolute Gasteiger partial charge is 0.414 e. The van der Waals surface area contributed by atoms with Gasteiger partial charge in [-0.3, -0.25) is 9.69 Å². The van der Waals surface area contributed by atoms with Gasteiger partial charge in [0, 0.05) is 13.1 Å². The third kappa shape index (κ3) is 4.67. The molecule has 1 aromatic rings. The summed E-state index contributed by atoms with van der Waals surface area (Å²) in [6.07, 6.45) is -3.30. The molecule has 1 aromatic carbocycles. The molecule has 0 unspecified atom stereocenters. The quantitative estimate of drug-likeness (QED) is 0.740. The highest BCUT2D eigenvalue weighted by Crippen LogP contribution is 2.31. The number of anilines is 2. The number of piperidine rings is 1. The van der Waals surface area contributed by atoms with Crippen LogP contribution in [0, 0.1) is 12.4 Å². The number of cyclic esters (lactones) is 1. The number of carbonyl (C=O) groups is 2. The summed E-state index contributed by atoms with van der Waals surface area (Å²) in [5.41, 5.74) is 2.47. The number of allylic oxidation sites excluding steroid dienone is 1. The fraction of sp³-hybridized carbons (Fsp3) is 0.450. The van der Waals surface area contributed by atoms with E-state index in [1.807, 2.05) is 10.2 Å². The number of halogens is 3. The Morgan fingerprint density at radius 1 is 1.37 bits per heavy atom. The van der Waals surface area contributed by atoms with E-state index in [-0.39, 0.29) is 18.8 Å². The van der Waals surface area contributed by atoms with Crippen molar-refractivity contribution in [2.75, 3.05) is 36.0 Å². The lowest BCUT2D eigenvalue weighted by Gasteiger charge is -2.31. The zero-order valence-electron chi connectivity index (χ0n) is 16.3. The van der Waals surface area contributed by atoms with Crippen molar-refractivity contribution in [2.24, 2.45) is 0 Å². The number of hydrogen-bond acceptors (Lipinski definition) is 4. The standard InChI is InChI=1S/C20H21F3N4O3/c1-12(24-2)13-5-7-26(8-6-13)17-4-3-14(9-16(17)21)27-11-15(30-20(27)29)10-25-19(28)18(22)23/h3-4,9,15,18H,5-8,10-11H2,1H3,(H,25,28)/t15-/m0/s1. The Kier molecular flexibility index (Phi) is 6.50. The number of alkyl halides is 2. The zero-order chi connectivity index (χ0) is 21.8. The van der Waals surface area contributed by atoms with Crippen LogP contribution < -0.4 is 15.1 Å². The largest absolute Gasteiger partial charge is 0.442 e. The van der Waals surface area contributed by atoms with Gasteiger partial charge >= 0.3 is 12.5 Å². The highest BCUT2D eigenvalue weighted by molar-refractivity contribution is 5.90. The van der Waals surface area contributed by atoms with E-state index in [4.69, 9.17) is 11.3 Å². The van der Waals surface area contributed by atoms with Crippen LogP contribution in [0.5, 0.6) is 0 Å². The van der Waals surface area contributed by atoms with Crippen LogP contribution in [0.4, 0.5) is 29.3 Å². The average molecular weight is 422 g/mol. The fourth-order valence-electron chi connectivity index (χ4n) is 3.51. The predicted molar refractivity (Wildman–Crippen MR) is 104 cm³/mol. The molecule has 10 heteroatoms. The summed E-state index contributed by atoms with van der Waals surface area (Å²) in [5.74, 6) is -1.94. The summed E-state index contributed by atoms with van der Waals surface area (Å²) in [7, 11) is 0. The van der Waals surface area contributed by atoms with Crippen LogP contribution in [0.15, 0.2) is 29.5 Å². The predicted octanol–water partition coefficient (Wildman–Crippen LogP) is 3.33. The van der Waals surface area contributed by atoms with E-state index in [1.54, 1.807) is 19.1 Å². The van der Waals surface area contributed by atoms with Crippen molar-refractivity contribution in [1.29, 1.82) is 0 Å². The number of nitrogens with zero attached hydrogens (tertiary/aromatic N) is 3. The van der Waals surface area contributed by atoms with Crippen LogP contribution in [0.25, 0.3) is 4.85 Å². The molecule has 2 heterocycles. The number of ether oxygens (including phenoxy) is 1. The average Bonchev–Trinajstić information content (AvgIpc) is 3.12. The molecule has 7 nitrogen and oxygen atoms in total. The molecule has 2 aliphatic rings. The number of rotatable bonds is 5. The van der Waals surface area contributed by atoms with Gasteiger partial charge in [-0.1, -0.05) is 5.57 Å². The summed E-state index contributed by atoms with van der Waals surface area (Å²) in [5, 5.41) is 2.00. The molecule has 0 saturated carbocycles. The van der Waals surface area contributed by atoms with Crippen LogP contribution in [0.1, 0.15) is 19.8 Å². The van der Waals surface area contributed by atoms with Crippen molar-refractivity contribution in [3.8, 4) is 0 Å². The lowest BCUT2D eigenvalue weighted by molar-refractivity contribution is -0.132. The van der Waals surface area contributed by atoms with E-state index in [9.17, 15) is 22.8 Å². The van der Waals surface area contributed by atoms with E-state index < -0.39 is 30.3 Å². The Balaban J connectivity index is 1.64. The van der Waals surface area contributed by atoms with Crippen LogP contribution in [-0.2, 0) is 9.53 Å². The minimum Gasteiger partial charge on any atom is -0.442 e. The number of hydrogen-bond donors (Lipinski definition) is 1. The van der Waals surface area contributed by atoms with Gasteiger partial charge in [0.1, 0.15) is 11.9 Å². The molecule has 1 atom stereocenters. The van der Waals surface area contributed by atoms with Gasteiger partial charge in [-0.2, -0.15) is 8.78 Å². The van der Waals surface area contributed by atoms with Crippen LogP contribution in [0.2, 0.25) is 0 Å². The maximum absolute atomic E-state index is 14.8. The fourth-order valence-corrected chi connectivity index (χ4v) is 3.51. The Hall–Kier alpha value is -3.22. The maximum atomic E-state index is 14.8. The number of benzene rings is 1. The zero-order valence-corrected chi connectivity index (χ0v) is 16.3. The van der Waals surface area contributed by atoms with Crippen molar-refractivity contribution in [2.45, 2.75) is 32.3 Å². The highest BCUT2D eigenvalue weighted by Gasteiger charge is 2.33. The molecule has 0 bridgehead atoms. The van der Waals surface area contributed by atoms with Crippen molar-refractivity contribution < 1.29 is 27.5 Å². The number of nitrogens with one attached hydrogen (secondary N) is 1. The summed E-state index contributed by atoms with van der Waals surface area (Å²) in [6.45, 7) is 9.82. The first-order valence-electron chi connectivity index (χ1n) is 9.44. The third-order valence-electron chi connectivity index (χ3n) is 5.21. The van der Waals surface area contributed by atoms with E-state index in [2.05, 4.69) is 4.85 Å². The Morgan fingerprint density at radius 3 is 2.67 bits per heavy atom. The van der Waals surface area contributed by atoms with Crippen molar-refractivity contribution >= 4 is 23.4 Å². The molecule has 3 rings (SSSR count). The highest BCUT2D eigenvalue weighted by atomic mass is 19.3.